The molecule has 1 heterocycles. The SMILES string of the molecule is O=C(CCN1CC2CCC1C2)c1cccc(F)c1F. The van der Waals surface area contributed by atoms with Crippen LogP contribution < -0.4 is 0 Å². The van der Waals surface area contributed by atoms with Crippen molar-refractivity contribution in [3.05, 3.63) is 35.4 Å². The van der Waals surface area contributed by atoms with Gasteiger partial charge in [-0.1, -0.05) is 6.07 Å². The molecule has 4 heteroatoms. The standard InChI is InChI=1S/C15H17F2NO/c16-13-3-1-2-12(15(13)17)14(19)6-7-18-9-10-4-5-11(18)8-10/h1-3,10-11H,4-9H2. The molecule has 1 aliphatic carbocycles. The highest BCUT2D eigenvalue weighted by Gasteiger charge is 2.37. The number of ketones is 1. The Labute approximate surface area is 111 Å². The first-order valence-corrected chi connectivity index (χ1v) is 6.86. The van der Waals surface area contributed by atoms with Gasteiger partial charge in [0.05, 0.1) is 5.56 Å². The Morgan fingerprint density at radius 3 is 2.84 bits per heavy atom. The van der Waals surface area contributed by atoms with E-state index in [9.17, 15) is 13.6 Å². The zero-order valence-electron chi connectivity index (χ0n) is 10.7. The van der Waals surface area contributed by atoms with Gasteiger partial charge in [0, 0.05) is 25.6 Å². The van der Waals surface area contributed by atoms with Crippen LogP contribution in [0.1, 0.15) is 36.0 Å². The fraction of sp³-hybridized carbons (Fsp3) is 0.533. The van der Waals surface area contributed by atoms with Gasteiger partial charge in [0.2, 0.25) is 0 Å². The monoisotopic (exact) mass is 265 g/mol. The van der Waals surface area contributed by atoms with Crippen LogP contribution in [0.5, 0.6) is 0 Å². The number of hydrogen-bond acceptors (Lipinski definition) is 2. The Morgan fingerprint density at radius 2 is 2.16 bits per heavy atom. The van der Waals surface area contributed by atoms with E-state index in [0.29, 0.717) is 12.6 Å². The molecule has 2 nitrogen and oxygen atoms in total. The molecule has 0 amide bonds. The quantitative estimate of drug-likeness (QED) is 0.780. The van der Waals surface area contributed by atoms with Crippen molar-refractivity contribution >= 4 is 5.78 Å². The number of carbonyl (C=O) groups is 1. The maximum atomic E-state index is 13.5. The van der Waals surface area contributed by atoms with E-state index in [4.69, 9.17) is 0 Å². The van der Waals surface area contributed by atoms with Crippen molar-refractivity contribution in [3.63, 3.8) is 0 Å². The summed E-state index contributed by atoms with van der Waals surface area (Å²) in [7, 11) is 0. The second kappa shape index (κ2) is 5.00. The summed E-state index contributed by atoms with van der Waals surface area (Å²) >= 11 is 0. The number of fused-ring (bicyclic) bond motifs is 2. The predicted octanol–water partition coefficient (Wildman–Crippen LogP) is 3.02. The van der Waals surface area contributed by atoms with Gasteiger partial charge >= 0.3 is 0 Å². The van der Waals surface area contributed by atoms with Gasteiger partial charge in [-0.05, 0) is 37.3 Å². The molecule has 19 heavy (non-hydrogen) atoms. The molecule has 0 radical (unpaired) electrons. The second-order valence-corrected chi connectivity index (χ2v) is 5.60. The van der Waals surface area contributed by atoms with Crippen molar-refractivity contribution in [2.24, 2.45) is 5.92 Å². The molecule has 2 fully saturated rings. The van der Waals surface area contributed by atoms with Gasteiger partial charge < -0.3 is 0 Å². The van der Waals surface area contributed by atoms with Crippen molar-refractivity contribution in [1.29, 1.82) is 0 Å². The minimum Gasteiger partial charge on any atom is -0.300 e. The van der Waals surface area contributed by atoms with E-state index in [1.54, 1.807) is 0 Å². The fourth-order valence-corrected chi connectivity index (χ4v) is 3.40. The van der Waals surface area contributed by atoms with E-state index >= 15 is 0 Å². The predicted molar refractivity (Wildman–Crippen MR) is 68.0 cm³/mol. The summed E-state index contributed by atoms with van der Waals surface area (Å²) in [4.78, 5) is 14.3. The normalized spacial score (nSPS) is 26.0. The Bertz CT molecular complexity index is 503. The lowest BCUT2D eigenvalue weighted by atomic mass is 10.1. The molecule has 2 atom stereocenters. The second-order valence-electron chi connectivity index (χ2n) is 5.60. The summed E-state index contributed by atoms with van der Waals surface area (Å²) in [6.45, 7) is 1.72. The smallest absolute Gasteiger partial charge is 0.169 e. The van der Waals surface area contributed by atoms with Crippen molar-refractivity contribution in [3.8, 4) is 0 Å². The zero-order chi connectivity index (χ0) is 13.4. The molecule has 2 bridgehead atoms. The third-order valence-corrected chi connectivity index (χ3v) is 4.40. The van der Waals surface area contributed by atoms with Crippen LogP contribution in [0.2, 0.25) is 0 Å². The van der Waals surface area contributed by atoms with Crippen LogP contribution in [-0.2, 0) is 0 Å². The topological polar surface area (TPSA) is 20.3 Å². The first-order valence-electron chi connectivity index (χ1n) is 6.86. The van der Waals surface area contributed by atoms with Gasteiger partial charge in [-0.25, -0.2) is 8.78 Å². The maximum Gasteiger partial charge on any atom is 0.169 e. The number of hydrogen-bond donors (Lipinski definition) is 0. The Balaban J connectivity index is 1.61. The average Bonchev–Trinajstić information content (AvgIpc) is 3.01. The average molecular weight is 265 g/mol. The molecule has 3 rings (SSSR count). The van der Waals surface area contributed by atoms with Gasteiger partial charge in [0.1, 0.15) is 0 Å². The Hall–Kier alpha value is -1.29. The molecule has 102 valence electrons. The van der Waals surface area contributed by atoms with Gasteiger partial charge in [-0.3, -0.25) is 9.69 Å². The summed E-state index contributed by atoms with van der Waals surface area (Å²) in [5.74, 6) is -1.49. The number of likely N-dealkylation sites (tertiary alicyclic amines) is 1. The van der Waals surface area contributed by atoms with E-state index in [1.165, 1.54) is 31.4 Å². The molecule has 1 aromatic carbocycles. The van der Waals surface area contributed by atoms with E-state index in [1.807, 2.05) is 0 Å². The van der Waals surface area contributed by atoms with Crippen molar-refractivity contribution in [2.75, 3.05) is 13.1 Å². The summed E-state index contributed by atoms with van der Waals surface area (Å²) in [5, 5.41) is 0. The molecule has 0 aromatic heterocycles. The number of benzene rings is 1. The first kappa shape index (κ1) is 12.7. The van der Waals surface area contributed by atoms with Gasteiger partial charge in [-0.15, -0.1) is 0 Å². The summed E-state index contributed by atoms with van der Waals surface area (Å²) in [6, 6.07) is 4.38. The number of halogens is 2. The molecule has 1 aliphatic heterocycles. The lowest BCUT2D eigenvalue weighted by Gasteiger charge is -2.26. The lowest BCUT2D eigenvalue weighted by Crippen LogP contribution is -2.33. The molecule has 0 N–H and O–H groups in total. The minimum absolute atomic E-state index is 0.121. The summed E-state index contributed by atoms with van der Waals surface area (Å²) in [5.41, 5.74) is -0.121. The van der Waals surface area contributed by atoms with E-state index in [0.717, 1.165) is 18.5 Å². The largest absolute Gasteiger partial charge is 0.300 e. The fourth-order valence-electron chi connectivity index (χ4n) is 3.40. The number of nitrogens with zero attached hydrogens (tertiary/aromatic N) is 1. The van der Waals surface area contributed by atoms with Crippen LogP contribution in [0.15, 0.2) is 18.2 Å². The van der Waals surface area contributed by atoms with E-state index in [-0.39, 0.29) is 17.8 Å². The molecule has 1 saturated heterocycles. The number of Topliss-reactive ketones (excluding diaryl/α,β-unsaturated/α-hetero) is 1. The third kappa shape index (κ3) is 2.41. The highest BCUT2D eigenvalue weighted by Crippen LogP contribution is 2.37. The number of piperidine rings is 1. The van der Waals surface area contributed by atoms with E-state index in [2.05, 4.69) is 4.90 Å². The molecule has 2 aliphatic rings. The summed E-state index contributed by atoms with van der Waals surface area (Å²) in [6.07, 6.45) is 4.02. The van der Waals surface area contributed by atoms with Gasteiger partial charge in [-0.2, -0.15) is 0 Å². The van der Waals surface area contributed by atoms with Crippen LogP contribution in [-0.4, -0.2) is 29.8 Å². The highest BCUT2D eigenvalue weighted by atomic mass is 19.2. The minimum atomic E-state index is -1.02. The molecule has 1 aromatic rings. The Kier molecular flexibility index (Phi) is 3.35. The lowest BCUT2D eigenvalue weighted by molar-refractivity contribution is 0.0950. The van der Waals surface area contributed by atoms with Crippen LogP contribution >= 0.6 is 0 Å². The molecule has 2 unspecified atom stereocenters. The number of rotatable bonds is 4. The van der Waals surface area contributed by atoms with Crippen molar-refractivity contribution < 1.29 is 13.6 Å². The van der Waals surface area contributed by atoms with E-state index < -0.39 is 11.6 Å². The van der Waals surface area contributed by atoms with Crippen molar-refractivity contribution in [2.45, 2.75) is 31.7 Å². The zero-order valence-corrected chi connectivity index (χ0v) is 10.7. The van der Waals surface area contributed by atoms with Crippen molar-refractivity contribution in [1.82, 2.24) is 4.90 Å². The molecule has 0 spiro atoms. The van der Waals surface area contributed by atoms with Crippen LogP contribution in [0.25, 0.3) is 0 Å². The van der Waals surface area contributed by atoms with Gasteiger partial charge in [0.25, 0.3) is 0 Å². The molecular weight excluding hydrogens is 248 g/mol. The maximum absolute atomic E-state index is 13.5. The van der Waals surface area contributed by atoms with Crippen LogP contribution in [0.4, 0.5) is 8.78 Å². The molecule has 1 saturated carbocycles. The number of carbonyl (C=O) groups excluding carboxylic acids is 1. The summed E-state index contributed by atoms with van der Waals surface area (Å²) < 4.78 is 26.6. The molecular formula is C15H17F2NO. The highest BCUT2D eigenvalue weighted by molar-refractivity contribution is 5.96. The van der Waals surface area contributed by atoms with Crippen LogP contribution in [0, 0.1) is 17.6 Å². The Morgan fingerprint density at radius 1 is 1.32 bits per heavy atom. The third-order valence-electron chi connectivity index (χ3n) is 4.40. The first-order chi connectivity index (χ1) is 9.15. The van der Waals surface area contributed by atoms with Crippen LogP contribution in [0.3, 0.4) is 0 Å². The van der Waals surface area contributed by atoms with Gasteiger partial charge in [0.15, 0.2) is 17.4 Å².